The molecule has 2 fully saturated rings. The Labute approximate surface area is 164 Å². The van der Waals surface area contributed by atoms with Crippen molar-refractivity contribution in [2.24, 2.45) is 10.9 Å². The summed E-state index contributed by atoms with van der Waals surface area (Å²) in [6, 6.07) is 12.1. The summed E-state index contributed by atoms with van der Waals surface area (Å²) in [4.78, 5) is 16.8. The first kappa shape index (κ1) is 18.3. The van der Waals surface area contributed by atoms with Crippen molar-refractivity contribution in [1.29, 1.82) is 0 Å². The van der Waals surface area contributed by atoms with Gasteiger partial charge >= 0.3 is 0 Å². The molecular formula is C22H24N2O2S. The van der Waals surface area contributed by atoms with Crippen molar-refractivity contribution < 1.29 is 4.74 Å². The first-order valence-corrected chi connectivity index (χ1v) is 10.1. The van der Waals surface area contributed by atoms with Gasteiger partial charge in [-0.15, -0.1) is 0 Å². The lowest BCUT2D eigenvalue weighted by Gasteiger charge is -2.22. The number of thiocarbonyl (C=S) groups is 1. The summed E-state index contributed by atoms with van der Waals surface area (Å²) >= 11 is 4.72. The van der Waals surface area contributed by atoms with Gasteiger partial charge < -0.3 is 9.30 Å². The van der Waals surface area contributed by atoms with Gasteiger partial charge in [-0.3, -0.25) is 4.79 Å². The van der Waals surface area contributed by atoms with Crippen LogP contribution in [0.15, 0.2) is 52.4 Å². The van der Waals surface area contributed by atoms with Crippen LogP contribution in [0.1, 0.15) is 49.1 Å². The maximum absolute atomic E-state index is 12.8. The van der Waals surface area contributed by atoms with E-state index in [4.69, 9.17) is 17.0 Å². The Kier molecular flexibility index (Phi) is 5.63. The van der Waals surface area contributed by atoms with Gasteiger partial charge in [-0.2, -0.15) is 4.99 Å². The predicted molar refractivity (Wildman–Crippen MR) is 110 cm³/mol. The fourth-order valence-electron chi connectivity index (χ4n) is 4.01. The van der Waals surface area contributed by atoms with Crippen molar-refractivity contribution in [1.82, 2.24) is 4.57 Å². The summed E-state index contributed by atoms with van der Waals surface area (Å²) in [5.41, 5.74) is 2.71. The van der Waals surface area contributed by atoms with Crippen molar-refractivity contribution in [3.05, 3.63) is 64.1 Å². The van der Waals surface area contributed by atoms with Gasteiger partial charge in [-0.1, -0.05) is 36.8 Å². The highest BCUT2D eigenvalue weighted by Gasteiger charge is 2.30. The molecule has 0 radical (unpaired) electrons. The van der Waals surface area contributed by atoms with E-state index in [0.29, 0.717) is 30.7 Å². The Morgan fingerprint density at radius 3 is 2.74 bits per heavy atom. The molecule has 2 aromatic rings. The minimum absolute atomic E-state index is 0.0783. The molecule has 1 aromatic carbocycles. The summed E-state index contributed by atoms with van der Waals surface area (Å²) < 4.78 is 8.04. The molecule has 2 aliphatic carbocycles. The van der Waals surface area contributed by atoms with E-state index in [1.807, 2.05) is 35.0 Å². The second-order valence-corrected chi connectivity index (χ2v) is 7.80. The number of pyridine rings is 1. The number of rotatable bonds is 7. The number of aromatic nitrogens is 1. The largest absolute Gasteiger partial charge is 0.373 e. The van der Waals surface area contributed by atoms with Crippen LogP contribution < -0.4 is 5.56 Å². The third-order valence-electron chi connectivity index (χ3n) is 5.63. The van der Waals surface area contributed by atoms with Gasteiger partial charge in [0.15, 0.2) is 0 Å². The van der Waals surface area contributed by atoms with Crippen LogP contribution in [0, 0.1) is 5.92 Å². The van der Waals surface area contributed by atoms with Crippen LogP contribution in [0.5, 0.6) is 0 Å². The third-order valence-corrected chi connectivity index (χ3v) is 5.72. The van der Waals surface area contributed by atoms with E-state index in [9.17, 15) is 4.79 Å². The van der Waals surface area contributed by atoms with E-state index >= 15 is 0 Å². The summed E-state index contributed by atoms with van der Waals surface area (Å²) in [5.74, 6) is 0.912. The molecule has 2 saturated carbocycles. The normalized spacial score (nSPS) is 21.8. The van der Waals surface area contributed by atoms with Gasteiger partial charge in [-0.05, 0) is 61.0 Å². The molecule has 0 N–H and O–H groups in total. The molecule has 0 bridgehead atoms. The fourth-order valence-corrected chi connectivity index (χ4v) is 4.11. The molecule has 2 aliphatic rings. The summed E-state index contributed by atoms with van der Waals surface area (Å²) in [6.07, 6.45) is 7.88. The number of hydrogen-bond donors (Lipinski definition) is 0. The number of isothiocyanates is 1. The monoisotopic (exact) mass is 380 g/mol. The molecule has 0 spiro atoms. The molecule has 27 heavy (non-hydrogen) atoms. The average molecular weight is 381 g/mol. The zero-order valence-corrected chi connectivity index (χ0v) is 16.2. The predicted octanol–water partition coefficient (Wildman–Crippen LogP) is 4.85. The van der Waals surface area contributed by atoms with Crippen LogP contribution in [0.3, 0.4) is 0 Å². The maximum atomic E-state index is 12.8. The van der Waals surface area contributed by atoms with E-state index in [2.05, 4.69) is 22.3 Å². The smallest absolute Gasteiger partial charge is 0.277 e. The van der Waals surface area contributed by atoms with E-state index in [1.54, 1.807) is 0 Å². The van der Waals surface area contributed by atoms with E-state index in [0.717, 1.165) is 19.3 Å². The molecule has 140 valence electrons. The average Bonchev–Trinajstić information content (AvgIpc) is 3.45. The summed E-state index contributed by atoms with van der Waals surface area (Å²) in [6.45, 7) is 1.30. The van der Waals surface area contributed by atoms with Gasteiger partial charge in [-0.25, -0.2) is 0 Å². The first-order valence-electron chi connectivity index (χ1n) is 9.72. The summed E-state index contributed by atoms with van der Waals surface area (Å²) in [5, 5.41) is 2.35. The lowest BCUT2D eigenvalue weighted by Crippen LogP contribution is -2.28. The molecule has 4 nitrogen and oxygen atoms in total. The zero-order valence-electron chi connectivity index (χ0n) is 15.3. The van der Waals surface area contributed by atoms with Crippen LogP contribution >= 0.6 is 12.2 Å². The number of hydrogen-bond acceptors (Lipinski definition) is 4. The third kappa shape index (κ3) is 4.44. The second kappa shape index (κ2) is 8.30. The van der Waals surface area contributed by atoms with Crippen LogP contribution in [0.2, 0.25) is 0 Å². The number of benzene rings is 1. The van der Waals surface area contributed by atoms with E-state index < -0.39 is 0 Å². The molecule has 1 heterocycles. The number of aliphatic imine (C=N–C) groups is 1. The van der Waals surface area contributed by atoms with Gasteiger partial charge in [0.05, 0.1) is 17.9 Å². The second-order valence-electron chi connectivity index (χ2n) is 7.62. The summed E-state index contributed by atoms with van der Waals surface area (Å²) in [7, 11) is 0. The highest BCUT2D eigenvalue weighted by Crippen LogP contribution is 2.40. The van der Waals surface area contributed by atoms with Crippen LogP contribution in [-0.4, -0.2) is 15.8 Å². The van der Waals surface area contributed by atoms with Gasteiger partial charge in [0.2, 0.25) is 0 Å². The van der Waals surface area contributed by atoms with Crippen molar-refractivity contribution in [3.8, 4) is 0 Å². The minimum atomic E-state index is -0.0783. The number of ether oxygens (including phenoxy) is 1. The van der Waals surface area contributed by atoms with Gasteiger partial charge in [0, 0.05) is 18.7 Å². The maximum Gasteiger partial charge on any atom is 0.277 e. The van der Waals surface area contributed by atoms with Gasteiger partial charge in [0.25, 0.3) is 5.56 Å². The SMILES string of the molecule is O=c1c(N=C=S)cc(C2CC2)cn1CC1CCC[C@H]1OCc1ccccc1. The lowest BCUT2D eigenvalue weighted by molar-refractivity contribution is 0.0112. The molecule has 0 saturated heterocycles. The minimum Gasteiger partial charge on any atom is -0.373 e. The Bertz CT molecular complexity index is 898. The van der Waals surface area contributed by atoms with Crippen molar-refractivity contribution in [3.63, 3.8) is 0 Å². The molecule has 1 aromatic heterocycles. The molecule has 0 amide bonds. The van der Waals surface area contributed by atoms with E-state index in [-0.39, 0.29) is 11.7 Å². The molecule has 4 rings (SSSR count). The first-order chi connectivity index (χ1) is 13.2. The Morgan fingerprint density at radius 2 is 2.00 bits per heavy atom. The Hall–Kier alpha value is -2.07. The Morgan fingerprint density at radius 1 is 1.19 bits per heavy atom. The van der Waals surface area contributed by atoms with Crippen molar-refractivity contribution >= 4 is 23.1 Å². The molecule has 1 unspecified atom stereocenters. The molecular weight excluding hydrogens is 356 g/mol. The quantitative estimate of drug-likeness (QED) is 0.510. The number of nitrogens with zero attached hydrogens (tertiary/aromatic N) is 2. The highest BCUT2D eigenvalue weighted by molar-refractivity contribution is 7.78. The molecule has 0 aliphatic heterocycles. The Balaban J connectivity index is 1.50. The fraction of sp³-hybridized carbons (Fsp3) is 0.455. The van der Waals surface area contributed by atoms with Crippen molar-refractivity contribution in [2.75, 3.05) is 0 Å². The standard InChI is InChI=1S/C22H24N2O2S/c25-22-20(23-15-27)11-19(17-9-10-17)13-24(22)12-18-7-4-8-21(18)26-14-16-5-2-1-3-6-16/h1-3,5-6,11,13,17-18,21H,4,7-10,12,14H2/t18?,21-/m1/s1. The highest BCUT2D eigenvalue weighted by atomic mass is 32.1. The molecule has 2 atom stereocenters. The van der Waals surface area contributed by atoms with Crippen LogP contribution in [-0.2, 0) is 17.9 Å². The molecule has 5 heteroatoms. The van der Waals surface area contributed by atoms with Crippen LogP contribution in [0.4, 0.5) is 5.69 Å². The lowest BCUT2D eigenvalue weighted by atomic mass is 10.1. The van der Waals surface area contributed by atoms with Gasteiger partial charge in [0.1, 0.15) is 5.69 Å². The topological polar surface area (TPSA) is 43.6 Å². The zero-order chi connectivity index (χ0) is 18.6. The van der Waals surface area contributed by atoms with Crippen LogP contribution in [0.25, 0.3) is 0 Å². The van der Waals surface area contributed by atoms with E-state index in [1.165, 1.54) is 24.0 Å². The van der Waals surface area contributed by atoms with Crippen molar-refractivity contribution in [2.45, 2.75) is 57.3 Å².